The molecule has 5 heteroatoms. The zero-order valence-corrected chi connectivity index (χ0v) is 13.2. The van der Waals surface area contributed by atoms with Crippen LogP contribution in [0.15, 0.2) is 28.7 Å². The molecule has 0 fully saturated rings. The second kappa shape index (κ2) is 6.35. The molecule has 0 spiro atoms. The van der Waals surface area contributed by atoms with Crippen LogP contribution in [0.2, 0.25) is 5.02 Å². The molecule has 19 heavy (non-hydrogen) atoms. The first-order valence-corrected chi connectivity index (χ1v) is 7.38. The third-order valence-electron chi connectivity index (χ3n) is 2.67. The van der Waals surface area contributed by atoms with Gasteiger partial charge in [-0.05, 0) is 31.5 Å². The molecule has 0 saturated heterocycles. The largest absolute Gasteiger partial charge is 0.370 e. The summed E-state index contributed by atoms with van der Waals surface area (Å²) in [6, 6.07) is 7.66. The van der Waals surface area contributed by atoms with Crippen molar-refractivity contribution in [2.45, 2.75) is 20.3 Å². The van der Waals surface area contributed by atoms with E-state index in [9.17, 15) is 0 Å². The van der Waals surface area contributed by atoms with Crippen LogP contribution in [0.25, 0.3) is 11.4 Å². The summed E-state index contributed by atoms with van der Waals surface area (Å²) in [5, 5.41) is 3.87. The summed E-state index contributed by atoms with van der Waals surface area (Å²) in [6.45, 7) is 4.94. The van der Waals surface area contributed by atoms with Crippen LogP contribution in [0.3, 0.4) is 0 Å². The van der Waals surface area contributed by atoms with E-state index in [4.69, 9.17) is 11.6 Å². The van der Waals surface area contributed by atoms with Gasteiger partial charge in [-0.2, -0.15) is 0 Å². The van der Waals surface area contributed by atoms with E-state index >= 15 is 0 Å². The molecule has 1 heterocycles. The Morgan fingerprint density at radius 1 is 1.21 bits per heavy atom. The third kappa shape index (κ3) is 3.45. The van der Waals surface area contributed by atoms with Crippen molar-refractivity contribution in [2.75, 3.05) is 11.9 Å². The van der Waals surface area contributed by atoms with Gasteiger partial charge in [-0.15, -0.1) is 0 Å². The number of hydrogen-bond acceptors (Lipinski definition) is 3. The summed E-state index contributed by atoms with van der Waals surface area (Å²) >= 11 is 9.68. The van der Waals surface area contributed by atoms with E-state index in [0.717, 1.165) is 34.5 Å². The van der Waals surface area contributed by atoms with Gasteiger partial charge >= 0.3 is 0 Å². The summed E-state index contributed by atoms with van der Waals surface area (Å²) in [6.07, 6.45) is 0.861. The maximum Gasteiger partial charge on any atom is 0.163 e. The third-order valence-corrected chi connectivity index (χ3v) is 3.49. The Bertz CT molecular complexity index is 587. The zero-order valence-electron chi connectivity index (χ0n) is 10.9. The topological polar surface area (TPSA) is 37.8 Å². The number of benzene rings is 1. The van der Waals surface area contributed by atoms with Crippen LogP contribution in [0.5, 0.6) is 0 Å². The molecule has 2 rings (SSSR count). The van der Waals surface area contributed by atoms with E-state index in [2.05, 4.69) is 38.1 Å². The number of halogens is 2. The molecular formula is C14H15BrClN3. The molecule has 0 aliphatic carbocycles. The predicted octanol–water partition coefficient (Wildman–Crippen LogP) is 4.55. The summed E-state index contributed by atoms with van der Waals surface area (Å²) in [5.41, 5.74) is 1.84. The smallest absolute Gasteiger partial charge is 0.163 e. The molecule has 100 valence electrons. The number of aryl methyl sites for hydroxylation is 1. The molecular weight excluding hydrogens is 326 g/mol. The lowest BCUT2D eigenvalue weighted by atomic mass is 10.2. The lowest BCUT2D eigenvalue weighted by molar-refractivity contribution is 0.998. The van der Waals surface area contributed by atoms with Gasteiger partial charge in [0.25, 0.3) is 0 Å². The van der Waals surface area contributed by atoms with Crippen molar-refractivity contribution in [3.63, 3.8) is 0 Å². The number of rotatable bonds is 4. The minimum absolute atomic E-state index is 0.652. The number of nitrogens with one attached hydrogen (secondary N) is 1. The summed E-state index contributed by atoms with van der Waals surface area (Å²) in [7, 11) is 0. The molecule has 1 aromatic heterocycles. The van der Waals surface area contributed by atoms with E-state index in [-0.39, 0.29) is 0 Å². The van der Waals surface area contributed by atoms with Crippen molar-refractivity contribution in [2.24, 2.45) is 0 Å². The first-order valence-electron chi connectivity index (χ1n) is 6.21. The van der Waals surface area contributed by atoms with Crippen LogP contribution >= 0.6 is 27.5 Å². The summed E-state index contributed by atoms with van der Waals surface area (Å²) in [4.78, 5) is 9.07. The van der Waals surface area contributed by atoms with Gasteiger partial charge in [0.1, 0.15) is 5.82 Å². The maximum atomic E-state index is 6.23. The van der Waals surface area contributed by atoms with Crippen LogP contribution in [0.1, 0.15) is 19.5 Å². The van der Waals surface area contributed by atoms with E-state index in [1.807, 2.05) is 31.2 Å². The average molecular weight is 341 g/mol. The number of anilines is 1. The molecule has 0 unspecified atom stereocenters. The van der Waals surface area contributed by atoms with Gasteiger partial charge in [0, 0.05) is 28.3 Å². The molecule has 0 saturated carbocycles. The zero-order chi connectivity index (χ0) is 13.8. The van der Waals surface area contributed by atoms with Crippen molar-refractivity contribution in [3.05, 3.63) is 39.5 Å². The van der Waals surface area contributed by atoms with Crippen molar-refractivity contribution in [3.8, 4) is 11.4 Å². The van der Waals surface area contributed by atoms with Gasteiger partial charge in [-0.1, -0.05) is 34.5 Å². The highest BCUT2D eigenvalue weighted by molar-refractivity contribution is 9.10. The van der Waals surface area contributed by atoms with Crippen molar-refractivity contribution >= 4 is 33.3 Å². The molecule has 2 aromatic rings. The number of aromatic nitrogens is 2. The maximum absolute atomic E-state index is 6.23. The lowest BCUT2D eigenvalue weighted by Gasteiger charge is -2.09. The number of hydrogen-bond donors (Lipinski definition) is 1. The molecule has 1 aromatic carbocycles. The Balaban J connectivity index is 2.54. The first-order chi connectivity index (χ1) is 9.13. The van der Waals surface area contributed by atoms with Crippen LogP contribution in [0, 0.1) is 0 Å². The Hall–Kier alpha value is -1.13. The molecule has 3 nitrogen and oxygen atoms in total. The Morgan fingerprint density at radius 3 is 2.68 bits per heavy atom. The monoisotopic (exact) mass is 339 g/mol. The molecule has 0 radical (unpaired) electrons. The lowest BCUT2D eigenvalue weighted by Crippen LogP contribution is -2.04. The fourth-order valence-corrected chi connectivity index (χ4v) is 2.30. The first kappa shape index (κ1) is 14.3. The van der Waals surface area contributed by atoms with Gasteiger partial charge < -0.3 is 5.32 Å². The highest BCUT2D eigenvalue weighted by Crippen LogP contribution is 2.29. The van der Waals surface area contributed by atoms with Crippen molar-refractivity contribution < 1.29 is 0 Å². The van der Waals surface area contributed by atoms with Gasteiger partial charge in [0.05, 0.1) is 5.02 Å². The fourth-order valence-electron chi connectivity index (χ4n) is 1.74. The van der Waals surface area contributed by atoms with Crippen LogP contribution in [-0.2, 0) is 6.42 Å². The molecule has 0 amide bonds. The quantitative estimate of drug-likeness (QED) is 0.887. The minimum atomic E-state index is 0.652. The Labute approximate surface area is 126 Å². The molecule has 1 N–H and O–H groups in total. The van der Waals surface area contributed by atoms with Crippen LogP contribution in [-0.4, -0.2) is 16.5 Å². The average Bonchev–Trinajstić information content (AvgIpc) is 2.41. The van der Waals surface area contributed by atoms with Crippen LogP contribution in [0.4, 0.5) is 5.82 Å². The highest BCUT2D eigenvalue weighted by atomic mass is 79.9. The molecule has 0 aliphatic heterocycles. The van der Waals surface area contributed by atoms with Crippen molar-refractivity contribution in [1.29, 1.82) is 0 Å². The van der Waals surface area contributed by atoms with Gasteiger partial charge in [-0.25, -0.2) is 9.97 Å². The van der Waals surface area contributed by atoms with Gasteiger partial charge in [0.2, 0.25) is 0 Å². The van der Waals surface area contributed by atoms with Gasteiger partial charge in [0.15, 0.2) is 5.82 Å². The molecule has 0 bridgehead atoms. The second-order valence-corrected chi connectivity index (χ2v) is 5.40. The fraction of sp³-hybridized carbons (Fsp3) is 0.286. The molecule has 0 aliphatic rings. The van der Waals surface area contributed by atoms with E-state index in [0.29, 0.717) is 10.8 Å². The Kier molecular flexibility index (Phi) is 4.77. The minimum Gasteiger partial charge on any atom is -0.370 e. The highest BCUT2D eigenvalue weighted by Gasteiger charge is 2.10. The normalized spacial score (nSPS) is 10.5. The van der Waals surface area contributed by atoms with E-state index < -0.39 is 0 Å². The second-order valence-electron chi connectivity index (χ2n) is 4.08. The summed E-state index contributed by atoms with van der Waals surface area (Å²) in [5.74, 6) is 1.49. The van der Waals surface area contributed by atoms with Crippen LogP contribution < -0.4 is 5.32 Å². The predicted molar refractivity (Wildman–Crippen MR) is 83.7 cm³/mol. The Morgan fingerprint density at radius 2 is 2.00 bits per heavy atom. The SMILES string of the molecule is CCNc1cc(CC)nc(-c2cc(Br)ccc2Cl)n1. The van der Waals surface area contributed by atoms with E-state index in [1.54, 1.807) is 0 Å². The van der Waals surface area contributed by atoms with Gasteiger partial charge in [-0.3, -0.25) is 0 Å². The number of nitrogens with zero attached hydrogens (tertiary/aromatic N) is 2. The summed E-state index contributed by atoms with van der Waals surface area (Å²) < 4.78 is 0.961. The van der Waals surface area contributed by atoms with E-state index in [1.165, 1.54) is 0 Å². The standard InChI is InChI=1S/C14H15BrClN3/c1-3-10-8-13(17-4-2)19-14(18-10)11-7-9(15)5-6-12(11)16/h5-8H,3-4H2,1-2H3,(H,17,18,19). The molecule has 0 atom stereocenters. The van der Waals surface area contributed by atoms with Crippen molar-refractivity contribution in [1.82, 2.24) is 9.97 Å².